The van der Waals surface area contributed by atoms with Crippen LogP contribution in [0.4, 0.5) is 0 Å². The van der Waals surface area contributed by atoms with E-state index in [0.717, 1.165) is 17.5 Å². The van der Waals surface area contributed by atoms with E-state index < -0.39 is 22.0 Å². The summed E-state index contributed by atoms with van der Waals surface area (Å²) >= 11 is 0. The molecule has 1 atom stereocenters. The Kier molecular flexibility index (Phi) is 4.63. The highest BCUT2D eigenvalue weighted by atomic mass is 32.2. The molecular formula is C16H23NO4S. The van der Waals surface area contributed by atoms with Crippen LogP contribution in [0.1, 0.15) is 41.5 Å². The highest BCUT2D eigenvalue weighted by Crippen LogP contribution is 2.32. The number of sulfonamides is 1. The maximum Gasteiger partial charge on any atom is 0.322 e. The monoisotopic (exact) mass is 325 g/mol. The topological polar surface area (TPSA) is 74.7 Å². The number of piperidine rings is 1. The van der Waals surface area contributed by atoms with Crippen LogP contribution in [0.5, 0.6) is 0 Å². The number of aliphatic carboxylic acids is 1. The lowest BCUT2D eigenvalue weighted by Crippen LogP contribution is -2.48. The summed E-state index contributed by atoms with van der Waals surface area (Å²) in [5, 5.41) is 9.36. The molecule has 0 bridgehead atoms. The van der Waals surface area contributed by atoms with Crippen molar-refractivity contribution >= 4 is 16.0 Å². The highest BCUT2D eigenvalue weighted by Gasteiger charge is 2.39. The number of carboxylic acids is 1. The molecule has 1 saturated heterocycles. The molecule has 1 aliphatic heterocycles. The Hall–Kier alpha value is -1.40. The number of carbonyl (C=O) groups is 1. The standard InChI is InChI=1S/C16H23NO4S/c1-10-9-11(2)13(4)15(12(10)3)22(20,21)17-8-6-5-7-14(17)16(18)19/h9,14H,5-8H2,1-4H3,(H,18,19)/t14-/m1/s1. The second-order valence-corrected chi connectivity index (χ2v) is 7.88. The Balaban J connectivity index is 2.62. The van der Waals surface area contributed by atoms with Crippen LogP contribution in [0.3, 0.4) is 0 Å². The quantitative estimate of drug-likeness (QED) is 0.927. The average molecular weight is 325 g/mol. The number of nitrogens with zero attached hydrogens (tertiary/aromatic N) is 1. The smallest absolute Gasteiger partial charge is 0.322 e. The predicted molar refractivity (Wildman–Crippen MR) is 84.6 cm³/mol. The van der Waals surface area contributed by atoms with Gasteiger partial charge in [0.05, 0.1) is 4.90 Å². The van der Waals surface area contributed by atoms with Gasteiger partial charge in [-0.05, 0) is 69.2 Å². The Morgan fingerprint density at radius 3 is 2.18 bits per heavy atom. The van der Waals surface area contributed by atoms with Crippen molar-refractivity contribution in [3.05, 3.63) is 28.3 Å². The minimum absolute atomic E-state index is 0.269. The number of hydrogen-bond donors (Lipinski definition) is 1. The summed E-state index contributed by atoms with van der Waals surface area (Å²) in [7, 11) is -3.81. The van der Waals surface area contributed by atoms with Crippen molar-refractivity contribution < 1.29 is 18.3 Å². The van der Waals surface area contributed by atoms with Gasteiger partial charge in [0.15, 0.2) is 0 Å². The Morgan fingerprint density at radius 1 is 1.14 bits per heavy atom. The number of carboxylic acid groups (broad SMARTS) is 1. The molecule has 22 heavy (non-hydrogen) atoms. The van der Waals surface area contributed by atoms with Gasteiger partial charge in [-0.25, -0.2) is 8.42 Å². The summed E-state index contributed by atoms with van der Waals surface area (Å²) in [6.45, 7) is 7.60. The van der Waals surface area contributed by atoms with Crippen molar-refractivity contribution in [2.24, 2.45) is 0 Å². The molecule has 5 nitrogen and oxygen atoms in total. The Labute approximate surface area is 132 Å². The third kappa shape index (κ3) is 2.77. The molecule has 122 valence electrons. The zero-order valence-corrected chi connectivity index (χ0v) is 14.3. The van der Waals surface area contributed by atoms with E-state index in [9.17, 15) is 18.3 Å². The van der Waals surface area contributed by atoms with Crippen molar-refractivity contribution in [3.63, 3.8) is 0 Å². The molecule has 6 heteroatoms. The van der Waals surface area contributed by atoms with E-state index in [2.05, 4.69) is 0 Å². The highest BCUT2D eigenvalue weighted by molar-refractivity contribution is 7.89. The third-order valence-electron chi connectivity index (χ3n) is 4.60. The fourth-order valence-corrected chi connectivity index (χ4v) is 5.35. The van der Waals surface area contributed by atoms with Gasteiger partial charge in [-0.3, -0.25) is 4.79 Å². The molecule has 0 amide bonds. The average Bonchev–Trinajstić information content (AvgIpc) is 2.45. The third-order valence-corrected chi connectivity index (χ3v) is 6.79. The molecule has 1 fully saturated rings. The maximum atomic E-state index is 13.1. The zero-order chi connectivity index (χ0) is 16.7. The van der Waals surface area contributed by atoms with Gasteiger partial charge in [-0.2, -0.15) is 4.31 Å². The zero-order valence-electron chi connectivity index (χ0n) is 13.5. The fraction of sp³-hybridized carbons (Fsp3) is 0.562. The second kappa shape index (κ2) is 6.01. The van der Waals surface area contributed by atoms with Crippen LogP contribution in [0, 0.1) is 27.7 Å². The van der Waals surface area contributed by atoms with Crippen molar-refractivity contribution in [3.8, 4) is 0 Å². The van der Waals surface area contributed by atoms with Crippen LogP contribution in [0.2, 0.25) is 0 Å². The van der Waals surface area contributed by atoms with E-state index in [1.165, 1.54) is 4.31 Å². The normalized spacial score (nSPS) is 20.1. The van der Waals surface area contributed by atoms with E-state index in [0.29, 0.717) is 24.0 Å². The minimum Gasteiger partial charge on any atom is -0.480 e. The molecule has 0 spiro atoms. The summed E-state index contributed by atoms with van der Waals surface area (Å²) in [5.41, 5.74) is 3.23. The van der Waals surface area contributed by atoms with Gasteiger partial charge in [0.25, 0.3) is 0 Å². The second-order valence-electron chi connectivity index (χ2n) is 6.06. The summed E-state index contributed by atoms with van der Waals surface area (Å²) in [5.74, 6) is -1.07. The van der Waals surface area contributed by atoms with Gasteiger partial charge in [-0.15, -0.1) is 0 Å². The van der Waals surface area contributed by atoms with Crippen molar-refractivity contribution in [2.75, 3.05) is 6.54 Å². The van der Waals surface area contributed by atoms with Gasteiger partial charge in [0.2, 0.25) is 10.0 Å². The van der Waals surface area contributed by atoms with Gasteiger partial charge in [0.1, 0.15) is 6.04 Å². The lowest BCUT2D eigenvalue weighted by atomic mass is 10.0. The van der Waals surface area contributed by atoms with Gasteiger partial charge in [-0.1, -0.05) is 6.07 Å². The first-order valence-corrected chi connectivity index (χ1v) is 8.94. The van der Waals surface area contributed by atoms with Gasteiger partial charge in [0, 0.05) is 6.54 Å². The van der Waals surface area contributed by atoms with E-state index >= 15 is 0 Å². The molecule has 0 unspecified atom stereocenters. The number of hydrogen-bond acceptors (Lipinski definition) is 3. The first-order valence-electron chi connectivity index (χ1n) is 7.50. The summed E-state index contributed by atoms with van der Waals surface area (Å²) in [6, 6.07) is 1.01. The first-order chi connectivity index (χ1) is 10.2. The lowest BCUT2D eigenvalue weighted by Gasteiger charge is -2.33. The Morgan fingerprint density at radius 2 is 1.68 bits per heavy atom. The molecule has 0 aliphatic carbocycles. The lowest BCUT2D eigenvalue weighted by molar-refractivity contribution is -0.142. The van der Waals surface area contributed by atoms with E-state index in [1.54, 1.807) is 13.8 Å². The van der Waals surface area contributed by atoms with Crippen LogP contribution < -0.4 is 0 Å². The summed E-state index contributed by atoms with van der Waals surface area (Å²) < 4.78 is 27.4. The number of aryl methyl sites for hydroxylation is 2. The molecule has 0 aromatic heterocycles. The van der Waals surface area contributed by atoms with Crippen LogP contribution in [-0.2, 0) is 14.8 Å². The van der Waals surface area contributed by atoms with Crippen molar-refractivity contribution in [2.45, 2.75) is 57.9 Å². The molecule has 1 N–H and O–H groups in total. The van der Waals surface area contributed by atoms with E-state index in [1.807, 2.05) is 19.9 Å². The first kappa shape index (κ1) is 17.0. The summed E-state index contributed by atoms with van der Waals surface area (Å²) in [6.07, 6.45) is 1.82. The summed E-state index contributed by atoms with van der Waals surface area (Å²) in [4.78, 5) is 11.7. The number of rotatable bonds is 3. The fourth-order valence-electron chi connectivity index (χ4n) is 3.12. The van der Waals surface area contributed by atoms with Crippen LogP contribution in [0.15, 0.2) is 11.0 Å². The molecule has 0 saturated carbocycles. The molecule has 1 aliphatic rings. The van der Waals surface area contributed by atoms with Gasteiger partial charge >= 0.3 is 5.97 Å². The van der Waals surface area contributed by atoms with Crippen molar-refractivity contribution in [1.82, 2.24) is 4.31 Å². The molecule has 1 aromatic carbocycles. The largest absolute Gasteiger partial charge is 0.480 e. The van der Waals surface area contributed by atoms with Crippen LogP contribution >= 0.6 is 0 Å². The SMILES string of the molecule is Cc1cc(C)c(C)c(S(=O)(=O)N2CCCC[C@@H]2C(=O)O)c1C. The maximum absolute atomic E-state index is 13.1. The predicted octanol–water partition coefficient (Wildman–Crippen LogP) is 2.55. The molecule has 1 heterocycles. The minimum atomic E-state index is -3.81. The van der Waals surface area contributed by atoms with E-state index in [-0.39, 0.29) is 11.4 Å². The van der Waals surface area contributed by atoms with Crippen LogP contribution in [0.25, 0.3) is 0 Å². The van der Waals surface area contributed by atoms with Crippen LogP contribution in [-0.4, -0.2) is 36.4 Å². The molecule has 2 rings (SSSR count). The number of benzene rings is 1. The molecule has 0 radical (unpaired) electrons. The molecule has 1 aromatic rings. The Bertz CT molecular complexity index is 683. The van der Waals surface area contributed by atoms with Crippen molar-refractivity contribution in [1.29, 1.82) is 0 Å². The van der Waals surface area contributed by atoms with Gasteiger partial charge < -0.3 is 5.11 Å². The van der Waals surface area contributed by atoms with E-state index in [4.69, 9.17) is 0 Å². The molecular weight excluding hydrogens is 302 g/mol.